The molecule has 0 saturated carbocycles. The van der Waals surface area contributed by atoms with Gasteiger partial charge in [-0.3, -0.25) is 24.0 Å². The van der Waals surface area contributed by atoms with Gasteiger partial charge in [-0.2, -0.15) is 5.10 Å². The highest BCUT2D eigenvalue weighted by atomic mass is 35.5. The number of hydrogen-bond donors (Lipinski definition) is 2. The zero-order chi connectivity index (χ0) is 28.2. The summed E-state index contributed by atoms with van der Waals surface area (Å²) >= 11 is 6.26. The van der Waals surface area contributed by atoms with Crippen LogP contribution in [0.2, 0.25) is 5.15 Å². The van der Waals surface area contributed by atoms with Crippen molar-refractivity contribution >= 4 is 40.2 Å². The van der Waals surface area contributed by atoms with Crippen molar-refractivity contribution in [2.75, 3.05) is 19.6 Å². The number of pyridine rings is 1. The first-order chi connectivity index (χ1) is 19.3. The van der Waals surface area contributed by atoms with Gasteiger partial charge in [-0.05, 0) is 67.3 Å². The highest BCUT2D eigenvalue weighted by molar-refractivity contribution is 6.34. The van der Waals surface area contributed by atoms with E-state index in [0.29, 0.717) is 31.1 Å². The van der Waals surface area contributed by atoms with Crippen molar-refractivity contribution in [3.8, 4) is 0 Å². The van der Waals surface area contributed by atoms with Crippen molar-refractivity contribution in [2.45, 2.75) is 57.2 Å². The fourth-order valence-electron chi connectivity index (χ4n) is 5.84. The van der Waals surface area contributed by atoms with Gasteiger partial charge in [0.25, 0.3) is 0 Å². The maximum absolute atomic E-state index is 13.5. The molecule has 212 valence electrons. The van der Waals surface area contributed by atoms with Crippen molar-refractivity contribution in [3.05, 3.63) is 59.0 Å². The zero-order valence-electron chi connectivity index (χ0n) is 22.8. The summed E-state index contributed by atoms with van der Waals surface area (Å²) in [6.45, 7) is 2.26. The van der Waals surface area contributed by atoms with Crippen LogP contribution in [-0.4, -0.2) is 74.0 Å². The van der Waals surface area contributed by atoms with Crippen molar-refractivity contribution in [3.63, 3.8) is 0 Å². The Bertz CT molecular complexity index is 1370. The number of carbonyl (C=O) groups excluding carboxylic acids is 3. The van der Waals surface area contributed by atoms with E-state index in [1.807, 2.05) is 48.5 Å². The molecule has 3 atom stereocenters. The lowest BCUT2D eigenvalue weighted by atomic mass is 9.97. The van der Waals surface area contributed by atoms with Gasteiger partial charge in [0.15, 0.2) is 5.15 Å². The number of hydrogen-bond acceptors (Lipinski definition) is 6. The molecule has 0 unspecified atom stereocenters. The van der Waals surface area contributed by atoms with E-state index in [2.05, 4.69) is 15.4 Å². The fraction of sp³-hybridized carbons (Fsp3) is 0.483. The minimum Gasteiger partial charge on any atom is -0.350 e. The highest BCUT2D eigenvalue weighted by Gasteiger charge is 2.41. The highest BCUT2D eigenvalue weighted by Crippen LogP contribution is 2.28. The van der Waals surface area contributed by atoms with Gasteiger partial charge in [-0.25, -0.2) is 0 Å². The third-order valence-electron chi connectivity index (χ3n) is 8.00. The van der Waals surface area contributed by atoms with E-state index in [0.717, 1.165) is 48.0 Å². The van der Waals surface area contributed by atoms with Gasteiger partial charge in [0.05, 0.1) is 11.6 Å². The second-order valence-electron chi connectivity index (χ2n) is 10.9. The second-order valence-corrected chi connectivity index (χ2v) is 11.2. The number of halogens is 1. The average Bonchev–Trinajstić information content (AvgIpc) is 3.70. The molecule has 2 aliphatic rings. The predicted octanol–water partition coefficient (Wildman–Crippen LogP) is 2.43. The van der Waals surface area contributed by atoms with E-state index in [1.54, 1.807) is 15.8 Å². The third-order valence-corrected chi connectivity index (χ3v) is 8.28. The number of benzene rings is 1. The van der Waals surface area contributed by atoms with Crippen LogP contribution in [0.15, 0.2) is 42.7 Å². The van der Waals surface area contributed by atoms with Crippen molar-refractivity contribution in [2.24, 2.45) is 18.7 Å². The predicted molar refractivity (Wildman–Crippen MR) is 152 cm³/mol. The molecule has 10 nitrogen and oxygen atoms in total. The maximum Gasteiger partial charge on any atom is 0.243 e. The molecule has 5 rings (SSSR count). The topological polar surface area (TPSA) is 126 Å². The van der Waals surface area contributed by atoms with Gasteiger partial charge < -0.3 is 20.9 Å². The molecule has 11 heteroatoms. The Labute approximate surface area is 238 Å². The molecular formula is C29H36ClN7O3. The largest absolute Gasteiger partial charge is 0.350 e. The smallest absolute Gasteiger partial charge is 0.243 e. The SMILES string of the molecule is Cn1nc(Cl)c2cc(CNC(=O)[C@@H]3C[C@@H](Cc4cccnc4)CN3C(=O)[C@H](N)CCC(=O)N3CCCC3)ccc21. The first-order valence-electron chi connectivity index (χ1n) is 13.9. The summed E-state index contributed by atoms with van der Waals surface area (Å²) in [5, 5.41) is 8.48. The molecule has 0 radical (unpaired) electrons. The number of aromatic nitrogens is 3. The van der Waals surface area contributed by atoms with Crippen LogP contribution in [-0.2, 0) is 34.4 Å². The monoisotopic (exact) mass is 565 g/mol. The van der Waals surface area contributed by atoms with Gasteiger partial charge in [0.2, 0.25) is 17.7 Å². The third kappa shape index (κ3) is 6.28. The summed E-state index contributed by atoms with van der Waals surface area (Å²) in [7, 11) is 1.83. The Kier molecular flexibility index (Phi) is 8.66. The summed E-state index contributed by atoms with van der Waals surface area (Å²) < 4.78 is 1.71. The van der Waals surface area contributed by atoms with Gasteiger partial charge >= 0.3 is 0 Å². The quantitative estimate of drug-likeness (QED) is 0.410. The molecule has 2 saturated heterocycles. The summed E-state index contributed by atoms with van der Waals surface area (Å²) in [6, 6.07) is 8.18. The molecule has 40 heavy (non-hydrogen) atoms. The Morgan fingerprint density at radius 2 is 1.98 bits per heavy atom. The van der Waals surface area contributed by atoms with Crippen LogP contribution >= 0.6 is 11.6 Å². The number of carbonyl (C=O) groups is 3. The van der Waals surface area contributed by atoms with E-state index in [-0.39, 0.29) is 36.5 Å². The van der Waals surface area contributed by atoms with Crippen molar-refractivity contribution in [1.82, 2.24) is 29.9 Å². The molecule has 0 bridgehead atoms. The lowest BCUT2D eigenvalue weighted by Gasteiger charge is -2.27. The summed E-state index contributed by atoms with van der Waals surface area (Å²) in [5.41, 5.74) is 9.16. The Morgan fingerprint density at radius 1 is 1.18 bits per heavy atom. The van der Waals surface area contributed by atoms with Gasteiger partial charge in [0, 0.05) is 57.4 Å². The molecule has 3 N–H and O–H groups in total. The van der Waals surface area contributed by atoms with Crippen LogP contribution in [0.25, 0.3) is 10.9 Å². The summed E-state index contributed by atoms with van der Waals surface area (Å²) in [4.78, 5) is 47.1. The number of likely N-dealkylation sites (tertiary alicyclic amines) is 2. The first-order valence-corrected chi connectivity index (χ1v) is 14.3. The van der Waals surface area contributed by atoms with Crippen molar-refractivity contribution < 1.29 is 14.4 Å². The number of rotatable bonds is 9. The number of nitrogens with two attached hydrogens (primary N) is 1. The van der Waals surface area contributed by atoms with Crippen LogP contribution in [0, 0.1) is 5.92 Å². The van der Waals surface area contributed by atoms with Crippen LogP contribution in [0.3, 0.4) is 0 Å². The molecule has 2 aliphatic heterocycles. The average molecular weight is 566 g/mol. The van der Waals surface area contributed by atoms with E-state index in [4.69, 9.17) is 17.3 Å². The van der Waals surface area contributed by atoms with Gasteiger partial charge in [0.1, 0.15) is 6.04 Å². The molecule has 2 fully saturated rings. The molecule has 1 aromatic carbocycles. The minimum atomic E-state index is -0.839. The summed E-state index contributed by atoms with van der Waals surface area (Å²) in [5.74, 6) is -0.379. The molecule has 3 aromatic rings. The van der Waals surface area contributed by atoms with Gasteiger partial charge in [-0.15, -0.1) is 0 Å². The number of aryl methyl sites for hydroxylation is 1. The zero-order valence-corrected chi connectivity index (χ0v) is 23.5. The first kappa shape index (κ1) is 28.0. The molecule has 0 spiro atoms. The standard InChI is InChI=1S/C29H36ClN7O3/c1-35-24-8-6-20(14-22(24)27(30)34-35)17-33-28(39)25-15-21(13-19-5-4-10-32-16-19)18-37(25)29(40)23(31)7-9-26(38)36-11-2-3-12-36/h4-6,8,10,14,16,21,23,25H,2-3,7,9,11-13,15,17-18,31H2,1H3,(H,33,39)/t21-,23-,25+/m1/s1. The molecule has 3 amide bonds. The number of nitrogens with zero attached hydrogens (tertiary/aromatic N) is 5. The summed E-state index contributed by atoms with van der Waals surface area (Å²) in [6.07, 6.45) is 7.30. The maximum atomic E-state index is 13.5. The van der Waals surface area contributed by atoms with Crippen LogP contribution in [0.1, 0.15) is 43.2 Å². The van der Waals surface area contributed by atoms with Crippen LogP contribution < -0.4 is 11.1 Å². The Morgan fingerprint density at radius 3 is 2.73 bits per heavy atom. The normalized spacial score (nSPS) is 19.8. The van der Waals surface area contributed by atoms with E-state index in [9.17, 15) is 14.4 Å². The lowest BCUT2D eigenvalue weighted by molar-refractivity contribution is -0.140. The second kappa shape index (κ2) is 12.3. The van der Waals surface area contributed by atoms with E-state index >= 15 is 0 Å². The van der Waals surface area contributed by atoms with Gasteiger partial charge in [-0.1, -0.05) is 23.7 Å². The van der Waals surface area contributed by atoms with E-state index in [1.165, 1.54) is 0 Å². The Balaban J connectivity index is 1.25. The number of fused-ring (bicyclic) bond motifs is 1. The van der Waals surface area contributed by atoms with Crippen LogP contribution in [0.4, 0.5) is 0 Å². The molecule has 4 heterocycles. The molecular weight excluding hydrogens is 530 g/mol. The number of amides is 3. The molecule has 0 aliphatic carbocycles. The Hall–Kier alpha value is -3.50. The number of nitrogens with one attached hydrogen (secondary N) is 1. The fourth-order valence-corrected chi connectivity index (χ4v) is 6.11. The van der Waals surface area contributed by atoms with E-state index < -0.39 is 12.1 Å². The van der Waals surface area contributed by atoms with Crippen LogP contribution in [0.5, 0.6) is 0 Å². The van der Waals surface area contributed by atoms with Crippen molar-refractivity contribution in [1.29, 1.82) is 0 Å². The lowest BCUT2D eigenvalue weighted by Crippen LogP contribution is -2.51. The molecule has 2 aromatic heterocycles. The minimum absolute atomic E-state index is 0.0385.